The van der Waals surface area contributed by atoms with E-state index in [-0.39, 0.29) is 5.91 Å². The lowest BCUT2D eigenvalue weighted by molar-refractivity contribution is -0.118. The highest BCUT2D eigenvalue weighted by molar-refractivity contribution is 9.09. The Morgan fingerprint density at radius 3 is 2.62 bits per heavy atom. The number of halogens is 1. The van der Waals surface area contributed by atoms with Crippen LogP contribution in [0.25, 0.3) is 0 Å². The molecule has 3 heteroatoms. The molecule has 1 aliphatic carbocycles. The third kappa shape index (κ3) is 3.03. The van der Waals surface area contributed by atoms with E-state index in [1.807, 2.05) is 7.05 Å². The lowest BCUT2D eigenvalue weighted by Crippen LogP contribution is -2.31. The van der Waals surface area contributed by atoms with Crippen LogP contribution in [0.3, 0.4) is 0 Å². The number of anilines is 1. The average molecular weight is 350 g/mol. The van der Waals surface area contributed by atoms with Gasteiger partial charge >= 0.3 is 0 Å². The summed E-state index contributed by atoms with van der Waals surface area (Å²) in [7, 11) is 1.88. The normalized spacial score (nSPS) is 27.4. The molecule has 0 saturated heterocycles. The SMILES string of the molecule is CC1CCC(C(Br)c2ccc3c(c2)CCC(=O)N3C)CC1. The maximum Gasteiger partial charge on any atom is 0.227 e. The van der Waals surface area contributed by atoms with Crippen molar-refractivity contribution in [3.63, 3.8) is 0 Å². The number of benzene rings is 1. The van der Waals surface area contributed by atoms with E-state index in [9.17, 15) is 4.79 Å². The van der Waals surface area contributed by atoms with Crippen molar-refractivity contribution in [1.82, 2.24) is 0 Å². The van der Waals surface area contributed by atoms with Crippen molar-refractivity contribution in [1.29, 1.82) is 0 Å². The molecule has 114 valence electrons. The van der Waals surface area contributed by atoms with Crippen molar-refractivity contribution in [3.8, 4) is 0 Å². The number of aryl methyl sites for hydroxylation is 1. The number of fused-ring (bicyclic) bond motifs is 1. The van der Waals surface area contributed by atoms with Gasteiger partial charge < -0.3 is 4.90 Å². The highest BCUT2D eigenvalue weighted by Gasteiger charge is 2.27. The van der Waals surface area contributed by atoms with Crippen molar-refractivity contribution in [2.45, 2.75) is 50.3 Å². The van der Waals surface area contributed by atoms with Gasteiger partial charge in [-0.1, -0.05) is 47.8 Å². The second-order valence-corrected chi connectivity index (χ2v) is 7.75. The van der Waals surface area contributed by atoms with Crippen LogP contribution in [-0.2, 0) is 11.2 Å². The summed E-state index contributed by atoms with van der Waals surface area (Å²) in [5, 5.41) is 0. The number of nitrogens with zero attached hydrogens (tertiary/aromatic N) is 1. The van der Waals surface area contributed by atoms with Crippen molar-refractivity contribution in [2.24, 2.45) is 11.8 Å². The van der Waals surface area contributed by atoms with E-state index < -0.39 is 0 Å². The summed E-state index contributed by atoms with van der Waals surface area (Å²) in [6.07, 6.45) is 6.89. The first-order valence-electron chi connectivity index (χ1n) is 8.09. The second kappa shape index (κ2) is 6.12. The van der Waals surface area contributed by atoms with Crippen LogP contribution >= 0.6 is 15.9 Å². The van der Waals surface area contributed by atoms with E-state index in [4.69, 9.17) is 0 Å². The quantitative estimate of drug-likeness (QED) is 0.698. The van der Waals surface area contributed by atoms with Gasteiger partial charge in [-0.05, 0) is 48.3 Å². The zero-order valence-corrected chi connectivity index (χ0v) is 14.5. The Kier molecular flexibility index (Phi) is 4.39. The first-order valence-corrected chi connectivity index (χ1v) is 9.01. The zero-order chi connectivity index (χ0) is 15.0. The highest BCUT2D eigenvalue weighted by atomic mass is 79.9. The average Bonchev–Trinajstić information content (AvgIpc) is 2.51. The van der Waals surface area contributed by atoms with Crippen molar-refractivity contribution in [2.75, 3.05) is 11.9 Å². The van der Waals surface area contributed by atoms with Crippen molar-refractivity contribution >= 4 is 27.5 Å². The Balaban J connectivity index is 1.79. The maximum atomic E-state index is 11.8. The number of carbonyl (C=O) groups is 1. The molecule has 0 bridgehead atoms. The molecule has 1 heterocycles. The van der Waals surface area contributed by atoms with E-state index in [1.165, 1.54) is 36.8 Å². The molecule has 3 rings (SSSR count). The molecule has 0 aromatic heterocycles. The van der Waals surface area contributed by atoms with Crippen LogP contribution in [0.4, 0.5) is 5.69 Å². The maximum absolute atomic E-state index is 11.8. The monoisotopic (exact) mass is 349 g/mol. The molecule has 0 N–H and O–H groups in total. The first kappa shape index (κ1) is 15.1. The molecule has 0 radical (unpaired) electrons. The number of hydrogen-bond acceptors (Lipinski definition) is 1. The first-order chi connectivity index (χ1) is 10.1. The van der Waals surface area contributed by atoms with Gasteiger partial charge in [0, 0.05) is 24.0 Å². The third-order valence-electron chi connectivity index (χ3n) is 5.24. The van der Waals surface area contributed by atoms with Crippen molar-refractivity contribution < 1.29 is 4.79 Å². The summed E-state index contributed by atoms with van der Waals surface area (Å²) in [6.45, 7) is 2.37. The standard InChI is InChI=1S/C18H24BrNO/c1-12-3-5-13(6-4-12)18(19)15-7-9-16-14(11-15)8-10-17(21)20(16)2/h7,9,11-13,18H,3-6,8,10H2,1-2H3. The molecule has 0 spiro atoms. The van der Waals surface area contributed by atoms with E-state index >= 15 is 0 Å². The van der Waals surface area contributed by atoms with Crippen molar-refractivity contribution in [3.05, 3.63) is 29.3 Å². The molecule has 2 aliphatic rings. The smallest absolute Gasteiger partial charge is 0.227 e. The van der Waals surface area contributed by atoms with Crippen LogP contribution in [0.1, 0.15) is 55.0 Å². The minimum Gasteiger partial charge on any atom is -0.315 e. The predicted molar refractivity (Wildman–Crippen MR) is 91.0 cm³/mol. The van der Waals surface area contributed by atoms with Crippen LogP contribution in [0.2, 0.25) is 0 Å². The minimum absolute atomic E-state index is 0.229. The molecular weight excluding hydrogens is 326 g/mol. The largest absolute Gasteiger partial charge is 0.315 e. The van der Waals surface area contributed by atoms with Gasteiger partial charge in [0.1, 0.15) is 0 Å². The molecular formula is C18H24BrNO. The molecule has 1 aromatic carbocycles. The highest BCUT2D eigenvalue weighted by Crippen LogP contribution is 2.42. The number of hydrogen-bond donors (Lipinski definition) is 0. The fraction of sp³-hybridized carbons (Fsp3) is 0.611. The Morgan fingerprint density at radius 2 is 1.90 bits per heavy atom. The summed E-state index contributed by atoms with van der Waals surface area (Å²) in [5.74, 6) is 1.87. The van der Waals surface area contributed by atoms with Crippen LogP contribution in [0, 0.1) is 11.8 Å². The van der Waals surface area contributed by atoms with E-state index in [0.29, 0.717) is 11.2 Å². The Labute approximate surface area is 136 Å². The summed E-state index contributed by atoms with van der Waals surface area (Å²) < 4.78 is 0. The lowest BCUT2D eigenvalue weighted by atomic mass is 9.79. The molecule has 2 nitrogen and oxygen atoms in total. The molecule has 21 heavy (non-hydrogen) atoms. The topological polar surface area (TPSA) is 20.3 Å². The van der Waals surface area contributed by atoms with Gasteiger partial charge in [-0.3, -0.25) is 4.79 Å². The number of carbonyl (C=O) groups excluding carboxylic acids is 1. The van der Waals surface area contributed by atoms with Crippen LogP contribution < -0.4 is 4.90 Å². The summed E-state index contributed by atoms with van der Waals surface area (Å²) in [5.41, 5.74) is 3.80. The van der Waals surface area contributed by atoms with Gasteiger partial charge in [0.25, 0.3) is 0 Å². The van der Waals surface area contributed by atoms with Gasteiger partial charge in [0.05, 0.1) is 0 Å². The zero-order valence-electron chi connectivity index (χ0n) is 12.9. The van der Waals surface area contributed by atoms with Crippen LogP contribution in [0.5, 0.6) is 0 Å². The fourth-order valence-corrected chi connectivity index (χ4v) is 4.51. The molecule has 1 saturated carbocycles. The molecule has 1 aliphatic heterocycles. The summed E-state index contributed by atoms with van der Waals surface area (Å²) in [6, 6.07) is 6.64. The van der Waals surface area contributed by atoms with E-state index in [2.05, 4.69) is 41.1 Å². The molecule has 1 unspecified atom stereocenters. The minimum atomic E-state index is 0.229. The molecule has 1 fully saturated rings. The molecule has 1 atom stereocenters. The Bertz CT molecular complexity index is 534. The fourth-order valence-electron chi connectivity index (χ4n) is 3.70. The predicted octanol–water partition coefficient (Wildman–Crippen LogP) is 4.86. The van der Waals surface area contributed by atoms with E-state index in [0.717, 1.165) is 23.9 Å². The Hall–Kier alpha value is -0.830. The molecule has 1 amide bonds. The second-order valence-electron chi connectivity index (χ2n) is 6.76. The Morgan fingerprint density at radius 1 is 1.19 bits per heavy atom. The van der Waals surface area contributed by atoms with Gasteiger partial charge in [-0.15, -0.1) is 0 Å². The van der Waals surface area contributed by atoms with Crippen LogP contribution in [-0.4, -0.2) is 13.0 Å². The van der Waals surface area contributed by atoms with Gasteiger partial charge in [-0.25, -0.2) is 0 Å². The van der Waals surface area contributed by atoms with Crippen LogP contribution in [0.15, 0.2) is 18.2 Å². The van der Waals surface area contributed by atoms with Gasteiger partial charge in [0.2, 0.25) is 5.91 Å². The van der Waals surface area contributed by atoms with Gasteiger partial charge in [-0.2, -0.15) is 0 Å². The van der Waals surface area contributed by atoms with E-state index in [1.54, 1.807) is 4.90 Å². The third-order valence-corrected chi connectivity index (χ3v) is 6.52. The lowest BCUT2D eigenvalue weighted by Gasteiger charge is -2.31. The summed E-state index contributed by atoms with van der Waals surface area (Å²) >= 11 is 3.94. The number of amides is 1. The molecule has 1 aromatic rings. The number of alkyl halides is 1. The number of rotatable bonds is 2. The van der Waals surface area contributed by atoms with Gasteiger partial charge in [0.15, 0.2) is 0 Å². The summed E-state index contributed by atoms with van der Waals surface area (Å²) in [4.78, 5) is 14.0.